The van der Waals surface area contributed by atoms with Gasteiger partial charge < -0.3 is 19.9 Å². The van der Waals surface area contributed by atoms with Crippen LogP contribution >= 0.6 is 0 Å². The van der Waals surface area contributed by atoms with Crippen molar-refractivity contribution in [1.82, 2.24) is 14.9 Å². The summed E-state index contributed by atoms with van der Waals surface area (Å²) in [5.74, 6) is 0. The second kappa shape index (κ2) is 8.49. The molecule has 0 radical (unpaired) electrons. The zero-order chi connectivity index (χ0) is 18.4. The number of amides is 2. The molecule has 3 aromatic rings. The average Bonchev–Trinajstić information content (AvgIpc) is 3.00. The minimum Gasteiger partial charge on any atom is -0.383 e. The van der Waals surface area contributed by atoms with Crippen LogP contribution in [0.15, 0.2) is 48.8 Å². The lowest BCUT2D eigenvalue weighted by Gasteiger charge is -2.07. The first kappa shape index (κ1) is 17.9. The lowest BCUT2D eigenvalue weighted by molar-refractivity contribution is 0.188. The van der Waals surface area contributed by atoms with Crippen LogP contribution in [-0.2, 0) is 17.7 Å². The van der Waals surface area contributed by atoms with Crippen molar-refractivity contribution in [3.8, 4) is 0 Å². The quantitative estimate of drug-likeness (QED) is 0.685. The number of urea groups is 1. The lowest BCUT2D eigenvalue weighted by Crippen LogP contribution is -2.30. The Morgan fingerprint density at radius 3 is 2.81 bits per heavy atom. The molecule has 0 atom stereocenters. The number of fused-ring (bicyclic) bond motifs is 1. The van der Waals surface area contributed by atoms with Gasteiger partial charge >= 0.3 is 6.03 Å². The number of nitrogens with zero attached hydrogens (tertiary/aromatic N) is 2. The van der Waals surface area contributed by atoms with Gasteiger partial charge in [-0.3, -0.25) is 0 Å². The molecule has 0 unspecified atom stereocenters. The second-order valence-corrected chi connectivity index (χ2v) is 6.21. The molecule has 0 aliphatic carbocycles. The monoisotopic (exact) mass is 352 g/mol. The molecule has 3 rings (SSSR count). The Hall–Kier alpha value is -2.86. The van der Waals surface area contributed by atoms with E-state index in [9.17, 15) is 4.79 Å². The smallest absolute Gasteiger partial charge is 0.319 e. The van der Waals surface area contributed by atoms with E-state index in [1.54, 1.807) is 13.3 Å². The number of nitrogens with one attached hydrogen (secondary N) is 2. The topological polar surface area (TPSA) is 68.2 Å². The highest BCUT2D eigenvalue weighted by Crippen LogP contribution is 2.19. The van der Waals surface area contributed by atoms with Gasteiger partial charge in [-0.15, -0.1) is 0 Å². The molecular formula is C20H24N4O2. The van der Waals surface area contributed by atoms with Crippen LogP contribution in [0.25, 0.3) is 11.0 Å². The Morgan fingerprint density at radius 2 is 2.04 bits per heavy atom. The average molecular weight is 352 g/mol. The lowest BCUT2D eigenvalue weighted by atomic mass is 10.1. The van der Waals surface area contributed by atoms with Crippen molar-refractivity contribution in [3.05, 3.63) is 59.9 Å². The molecule has 0 fully saturated rings. The van der Waals surface area contributed by atoms with Crippen LogP contribution in [-0.4, -0.2) is 35.8 Å². The summed E-state index contributed by atoms with van der Waals surface area (Å²) in [5.41, 5.74) is 4.06. The SMILES string of the molecule is COCCn1cc(CCNC(=O)Nc2ccc(C)cc2)c2cccnc21. The summed E-state index contributed by atoms with van der Waals surface area (Å²) in [4.78, 5) is 16.5. The molecule has 26 heavy (non-hydrogen) atoms. The van der Waals surface area contributed by atoms with Gasteiger partial charge in [0.1, 0.15) is 5.65 Å². The third-order valence-electron chi connectivity index (χ3n) is 4.24. The van der Waals surface area contributed by atoms with E-state index in [-0.39, 0.29) is 6.03 Å². The standard InChI is InChI=1S/C20H24N4O2/c1-15-5-7-17(8-6-15)23-20(25)22-11-9-16-14-24(12-13-26-2)19-18(16)4-3-10-21-19/h3-8,10,14H,9,11-13H2,1-2H3,(H2,22,23,25). The molecule has 0 aliphatic rings. The number of anilines is 1. The molecule has 0 spiro atoms. The van der Waals surface area contributed by atoms with Gasteiger partial charge in [0.2, 0.25) is 0 Å². The van der Waals surface area contributed by atoms with Crippen molar-refractivity contribution in [2.45, 2.75) is 19.9 Å². The van der Waals surface area contributed by atoms with E-state index in [4.69, 9.17) is 4.74 Å². The molecule has 136 valence electrons. The maximum Gasteiger partial charge on any atom is 0.319 e. The van der Waals surface area contributed by atoms with E-state index in [0.29, 0.717) is 13.2 Å². The number of carbonyl (C=O) groups excluding carboxylic acids is 1. The van der Waals surface area contributed by atoms with E-state index in [1.165, 1.54) is 5.56 Å². The van der Waals surface area contributed by atoms with Crippen molar-refractivity contribution in [2.75, 3.05) is 25.6 Å². The molecule has 0 aliphatic heterocycles. The largest absolute Gasteiger partial charge is 0.383 e. The van der Waals surface area contributed by atoms with Crippen LogP contribution in [0.3, 0.4) is 0 Å². The molecular weight excluding hydrogens is 328 g/mol. The summed E-state index contributed by atoms with van der Waals surface area (Å²) in [6, 6.07) is 11.5. The van der Waals surface area contributed by atoms with Crippen LogP contribution in [0.2, 0.25) is 0 Å². The number of methoxy groups -OCH3 is 1. The summed E-state index contributed by atoms with van der Waals surface area (Å²) in [6.45, 7) is 3.96. The van der Waals surface area contributed by atoms with E-state index >= 15 is 0 Å². The Morgan fingerprint density at radius 1 is 1.23 bits per heavy atom. The van der Waals surface area contributed by atoms with Gasteiger partial charge in [0.15, 0.2) is 0 Å². The van der Waals surface area contributed by atoms with Gasteiger partial charge in [-0.25, -0.2) is 9.78 Å². The number of rotatable bonds is 7. The maximum atomic E-state index is 12.0. The zero-order valence-corrected chi connectivity index (χ0v) is 15.2. The minimum absolute atomic E-state index is 0.199. The fourth-order valence-corrected chi connectivity index (χ4v) is 2.88. The van der Waals surface area contributed by atoms with E-state index < -0.39 is 0 Å². The number of hydrogen-bond acceptors (Lipinski definition) is 3. The van der Waals surface area contributed by atoms with Gasteiger partial charge in [0, 0.05) is 43.7 Å². The van der Waals surface area contributed by atoms with Crippen LogP contribution in [0.5, 0.6) is 0 Å². The van der Waals surface area contributed by atoms with Crippen LogP contribution < -0.4 is 10.6 Å². The van der Waals surface area contributed by atoms with E-state index in [1.807, 2.05) is 37.3 Å². The summed E-state index contributed by atoms with van der Waals surface area (Å²) in [5, 5.41) is 6.86. The number of aryl methyl sites for hydroxylation is 1. The minimum atomic E-state index is -0.199. The molecule has 0 saturated heterocycles. The van der Waals surface area contributed by atoms with E-state index in [2.05, 4.69) is 32.4 Å². The third kappa shape index (κ3) is 4.40. The first-order valence-electron chi connectivity index (χ1n) is 8.70. The summed E-state index contributed by atoms with van der Waals surface area (Å²) < 4.78 is 7.26. The molecule has 1 aromatic carbocycles. The van der Waals surface area contributed by atoms with Gasteiger partial charge in [0.05, 0.1) is 6.61 Å². The number of benzene rings is 1. The number of pyridine rings is 1. The highest BCUT2D eigenvalue weighted by molar-refractivity contribution is 5.89. The second-order valence-electron chi connectivity index (χ2n) is 6.21. The summed E-state index contributed by atoms with van der Waals surface area (Å²) >= 11 is 0. The predicted molar refractivity (Wildman–Crippen MR) is 104 cm³/mol. The molecule has 0 bridgehead atoms. The Kier molecular flexibility index (Phi) is 5.86. The Balaban J connectivity index is 1.59. The van der Waals surface area contributed by atoms with Crippen LogP contribution in [0, 0.1) is 6.92 Å². The molecule has 6 nitrogen and oxygen atoms in total. The van der Waals surface area contributed by atoms with Crippen molar-refractivity contribution in [3.63, 3.8) is 0 Å². The maximum absolute atomic E-state index is 12.0. The van der Waals surface area contributed by atoms with Crippen molar-refractivity contribution < 1.29 is 9.53 Å². The summed E-state index contributed by atoms with van der Waals surface area (Å²) in [6.07, 6.45) is 4.63. The first-order valence-corrected chi connectivity index (χ1v) is 8.70. The fourth-order valence-electron chi connectivity index (χ4n) is 2.88. The number of ether oxygens (including phenoxy) is 1. The molecule has 2 N–H and O–H groups in total. The number of aromatic nitrogens is 2. The number of carbonyl (C=O) groups is 1. The number of hydrogen-bond donors (Lipinski definition) is 2. The fraction of sp³-hybridized carbons (Fsp3) is 0.300. The molecule has 6 heteroatoms. The molecule has 2 amide bonds. The molecule has 2 heterocycles. The van der Waals surface area contributed by atoms with Crippen molar-refractivity contribution in [2.24, 2.45) is 0 Å². The van der Waals surface area contributed by atoms with Gasteiger partial charge in [-0.1, -0.05) is 17.7 Å². The Bertz CT molecular complexity index is 871. The van der Waals surface area contributed by atoms with Crippen LogP contribution in [0.1, 0.15) is 11.1 Å². The molecule has 2 aromatic heterocycles. The highest BCUT2D eigenvalue weighted by atomic mass is 16.5. The summed E-state index contributed by atoms with van der Waals surface area (Å²) in [7, 11) is 1.69. The molecule has 0 saturated carbocycles. The highest BCUT2D eigenvalue weighted by Gasteiger charge is 2.09. The van der Waals surface area contributed by atoms with Gasteiger partial charge in [-0.2, -0.15) is 0 Å². The Labute approximate surface area is 153 Å². The zero-order valence-electron chi connectivity index (χ0n) is 15.2. The van der Waals surface area contributed by atoms with Crippen LogP contribution in [0.4, 0.5) is 10.5 Å². The van der Waals surface area contributed by atoms with Crippen molar-refractivity contribution >= 4 is 22.8 Å². The van der Waals surface area contributed by atoms with E-state index in [0.717, 1.165) is 35.2 Å². The van der Waals surface area contributed by atoms with Gasteiger partial charge in [0.25, 0.3) is 0 Å². The van der Waals surface area contributed by atoms with Gasteiger partial charge in [-0.05, 0) is 43.2 Å². The normalized spacial score (nSPS) is 10.8. The third-order valence-corrected chi connectivity index (χ3v) is 4.24. The first-order chi connectivity index (χ1) is 12.7. The predicted octanol–water partition coefficient (Wildman–Crippen LogP) is 3.36. The van der Waals surface area contributed by atoms with Crippen molar-refractivity contribution in [1.29, 1.82) is 0 Å².